The SMILES string of the molecule is CCCCC(CN)(CCCC)c1ccccc1. The predicted molar refractivity (Wildman–Crippen MR) is 76.2 cm³/mol. The summed E-state index contributed by atoms with van der Waals surface area (Å²) < 4.78 is 0. The third-order valence-corrected chi connectivity index (χ3v) is 3.79. The van der Waals surface area contributed by atoms with E-state index in [0.29, 0.717) is 0 Å². The molecule has 1 heteroatoms. The van der Waals surface area contributed by atoms with Crippen molar-refractivity contribution in [3.63, 3.8) is 0 Å². The van der Waals surface area contributed by atoms with Crippen LogP contribution in [0.5, 0.6) is 0 Å². The maximum Gasteiger partial charge on any atom is 0.00755 e. The van der Waals surface area contributed by atoms with Gasteiger partial charge in [-0.05, 0) is 18.4 Å². The molecule has 17 heavy (non-hydrogen) atoms. The summed E-state index contributed by atoms with van der Waals surface area (Å²) in [5, 5.41) is 0. The Hall–Kier alpha value is -0.820. The quantitative estimate of drug-likeness (QED) is 0.713. The van der Waals surface area contributed by atoms with Crippen molar-refractivity contribution in [2.24, 2.45) is 5.73 Å². The molecule has 0 unspecified atom stereocenters. The highest BCUT2D eigenvalue weighted by molar-refractivity contribution is 5.25. The summed E-state index contributed by atoms with van der Waals surface area (Å²) in [6.07, 6.45) is 7.50. The van der Waals surface area contributed by atoms with E-state index in [9.17, 15) is 0 Å². The van der Waals surface area contributed by atoms with E-state index >= 15 is 0 Å². The number of unbranched alkanes of at least 4 members (excludes halogenated alkanes) is 2. The van der Waals surface area contributed by atoms with Gasteiger partial charge in [-0.1, -0.05) is 69.9 Å². The van der Waals surface area contributed by atoms with Crippen LogP contribution in [0, 0.1) is 0 Å². The number of rotatable bonds is 8. The largest absolute Gasteiger partial charge is 0.330 e. The van der Waals surface area contributed by atoms with Gasteiger partial charge in [-0.15, -0.1) is 0 Å². The minimum atomic E-state index is 0.216. The molecule has 0 atom stereocenters. The molecule has 96 valence electrons. The third kappa shape index (κ3) is 3.85. The average molecular weight is 233 g/mol. The normalized spacial score (nSPS) is 11.7. The molecule has 0 fully saturated rings. The fraction of sp³-hybridized carbons (Fsp3) is 0.625. The summed E-state index contributed by atoms with van der Waals surface area (Å²) in [6.45, 7) is 5.29. The van der Waals surface area contributed by atoms with Crippen LogP contribution < -0.4 is 5.73 Å². The van der Waals surface area contributed by atoms with Gasteiger partial charge >= 0.3 is 0 Å². The second-order valence-corrected chi connectivity index (χ2v) is 5.06. The van der Waals surface area contributed by atoms with Crippen molar-refractivity contribution in [3.05, 3.63) is 35.9 Å². The zero-order valence-electron chi connectivity index (χ0n) is 11.4. The molecule has 0 aliphatic carbocycles. The highest BCUT2D eigenvalue weighted by Crippen LogP contribution is 2.34. The van der Waals surface area contributed by atoms with Gasteiger partial charge in [0.2, 0.25) is 0 Å². The molecule has 1 rings (SSSR count). The number of hydrogen-bond donors (Lipinski definition) is 1. The fourth-order valence-corrected chi connectivity index (χ4v) is 2.56. The summed E-state index contributed by atoms with van der Waals surface area (Å²) >= 11 is 0. The Morgan fingerprint density at radius 1 is 0.941 bits per heavy atom. The maximum atomic E-state index is 6.12. The van der Waals surface area contributed by atoms with E-state index in [1.807, 2.05) is 0 Å². The summed E-state index contributed by atoms with van der Waals surface area (Å²) in [5.74, 6) is 0. The first-order valence-electron chi connectivity index (χ1n) is 7.04. The van der Waals surface area contributed by atoms with Crippen LogP contribution in [-0.4, -0.2) is 6.54 Å². The first-order valence-corrected chi connectivity index (χ1v) is 7.04. The van der Waals surface area contributed by atoms with Crippen molar-refractivity contribution in [1.82, 2.24) is 0 Å². The monoisotopic (exact) mass is 233 g/mol. The highest BCUT2D eigenvalue weighted by atomic mass is 14.6. The molecule has 0 heterocycles. The summed E-state index contributed by atoms with van der Waals surface area (Å²) in [5.41, 5.74) is 7.77. The Labute approximate surface area is 106 Å². The Morgan fingerprint density at radius 2 is 1.47 bits per heavy atom. The van der Waals surface area contributed by atoms with Gasteiger partial charge in [0, 0.05) is 12.0 Å². The lowest BCUT2D eigenvalue weighted by molar-refractivity contribution is 0.350. The second kappa shape index (κ2) is 7.50. The predicted octanol–water partition coefficient (Wildman–Crippen LogP) is 4.26. The number of benzene rings is 1. The van der Waals surface area contributed by atoms with Gasteiger partial charge in [-0.3, -0.25) is 0 Å². The van der Waals surface area contributed by atoms with E-state index in [-0.39, 0.29) is 5.41 Å². The van der Waals surface area contributed by atoms with Gasteiger partial charge in [-0.2, -0.15) is 0 Å². The van der Waals surface area contributed by atoms with Crippen LogP contribution in [0.2, 0.25) is 0 Å². The molecule has 0 bridgehead atoms. The van der Waals surface area contributed by atoms with E-state index in [1.54, 1.807) is 0 Å². The fourth-order valence-electron chi connectivity index (χ4n) is 2.56. The molecule has 0 aliphatic heterocycles. The maximum absolute atomic E-state index is 6.12. The van der Waals surface area contributed by atoms with E-state index in [0.717, 1.165) is 6.54 Å². The van der Waals surface area contributed by atoms with Crippen molar-refractivity contribution >= 4 is 0 Å². The molecule has 0 saturated heterocycles. The van der Waals surface area contributed by atoms with Gasteiger partial charge in [0.05, 0.1) is 0 Å². The molecule has 1 aromatic rings. The molecule has 0 aromatic heterocycles. The first-order chi connectivity index (χ1) is 8.29. The van der Waals surface area contributed by atoms with E-state index in [1.165, 1.54) is 44.1 Å². The summed E-state index contributed by atoms with van der Waals surface area (Å²) in [6, 6.07) is 10.9. The molecule has 0 radical (unpaired) electrons. The van der Waals surface area contributed by atoms with E-state index in [2.05, 4.69) is 44.2 Å². The van der Waals surface area contributed by atoms with Crippen molar-refractivity contribution in [3.8, 4) is 0 Å². The minimum Gasteiger partial charge on any atom is -0.330 e. The molecule has 0 aliphatic rings. The Kier molecular flexibility index (Phi) is 6.28. The van der Waals surface area contributed by atoms with Crippen LogP contribution >= 0.6 is 0 Å². The lowest BCUT2D eigenvalue weighted by Crippen LogP contribution is -2.35. The van der Waals surface area contributed by atoms with E-state index < -0.39 is 0 Å². The zero-order valence-corrected chi connectivity index (χ0v) is 11.4. The van der Waals surface area contributed by atoms with Crippen LogP contribution in [0.4, 0.5) is 0 Å². The summed E-state index contributed by atoms with van der Waals surface area (Å²) in [7, 11) is 0. The molecule has 1 nitrogen and oxygen atoms in total. The molecule has 1 aromatic carbocycles. The van der Waals surface area contributed by atoms with Crippen molar-refractivity contribution < 1.29 is 0 Å². The van der Waals surface area contributed by atoms with Crippen LogP contribution in [0.25, 0.3) is 0 Å². The number of nitrogens with two attached hydrogens (primary N) is 1. The second-order valence-electron chi connectivity index (χ2n) is 5.06. The van der Waals surface area contributed by atoms with Gasteiger partial charge in [0.1, 0.15) is 0 Å². The summed E-state index contributed by atoms with van der Waals surface area (Å²) in [4.78, 5) is 0. The van der Waals surface area contributed by atoms with Gasteiger partial charge in [0.15, 0.2) is 0 Å². The van der Waals surface area contributed by atoms with Crippen molar-refractivity contribution in [2.45, 2.75) is 57.8 Å². The van der Waals surface area contributed by atoms with Crippen LogP contribution in [-0.2, 0) is 5.41 Å². The molecule has 2 N–H and O–H groups in total. The van der Waals surface area contributed by atoms with Gasteiger partial charge < -0.3 is 5.73 Å². The molecule has 0 spiro atoms. The molecule has 0 amide bonds. The Bertz CT molecular complexity index is 284. The Balaban J connectivity index is 2.89. The zero-order chi connectivity index (χ0) is 12.6. The van der Waals surface area contributed by atoms with Crippen LogP contribution in [0.1, 0.15) is 57.9 Å². The van der Waals surface area contributed by atoms with Gasteiger partial charge in [0.25, 0.3) is 0 Å². The average Bonchev–Trinajstić information content (AvgIpc) is 2.41. The first kappa shape index (κ1) is 14.2. The lowest BCUT2D eigenvalue weighted by atomic mass is 9.73. The Morgan fingerprint density at radius 3 is 1.88 bits per heavy atom. The topological polar surface area (TPSA) is 26.0 Å². The molecule has 0 saturated carbocycles. The smallest absolute Gasteiger partial charge is 0.00755 e. The van der Waals surface area contributed by atoms with Crippen LogP contribution in [0.15, 0.2) is 30.3 Å². The standard InChI is InChI=1S/C16H27N/c1-3-5-12-16(14-17,13-6-4-2)15-10-8-7-9-11-15/h7-11H,3-6,12-14,17H2,1-2H3. The van der Waals surface area contributed by atoms with E-state index in [4.69, 9.17) is 5.73 Å². The molecular formula is C16H27N. The van der Waals surface area contributed by atoms with Crippen LogP contribution in [0.3, 0.4) is 0 Å². The number of hydrogen-bond acceptors (Lipinski definition) is 1. The highest BCUT2D eigenvalue weighted by Gasteiger charge is 2.29. The van der Waals surface area contributed by atoms with Crippen molar-refractivity contribution in [2.75, 3.05) is 6.54 Å². The molecular weight excluding hydrogens is 206 g/mol. The third-order valence-electron chi connectivity index (χ3n) is 3.79. The van der Waals surface area contributed by atoms with Gasteiger partial charge in [-0.25, -0.2) is 0 Å². The lowest BCUT2D eigenvalue weighted by Gasteiger charge is -2.33. The van der Waals surface area contributed by atoms with Crippen molar-refractivity contribution in [1.29, 1.82) is 0 Å². The minimum absolute atomic E-state index is 0.216.